The number of nitrogens with one attached hydrogen (secondary N) is 1. The van der Waals surface area contributed by atoms with Crippen molar-refractivity contribution in [2.75, 3.05) is 7.05 Å². The molecule has 2 aromatic rings. The SMILES string of the molecule is CNC(C)c1ccnc(Oc2c(Br)cccc2[N+](=O)[O-])c1. The van der Waals surface area contributed by atoms with Crippen molar-refractivity contribution in [3.63, 3.8) is 0 Å². The molecule has 1 aromatic heterocycles. The summed E-state index contributed by atoms with van der Waals surface area (Å²) in [4.78, 5) is 14.7. The largest absolute Gasteiger partial charge is 0.431 e. The molecule has 110 valence electrons. The van der Waals surface area contributed by atoms with Gasteiger partial charge in [0.15, 0.2) is 0 Å². The van der Waals surface area contributed by atoms with E-state index < -0.39 is 4.92 Å². The van der Waals surface area contributed by atoms with Gasteiger partial charge in [-0.3, -0.25) is 10.1 Å². The Balaban J connectivity index is 2.37. The molecule has 1 heterocycles. The first-order valence-electron chi connectivity index (χ1n) is 6.27. The lowest BCUT2D eigenvalue weighted by Gasteiger charge is -2.12. The third-order valence-electron chi connectivity index (χ3n) is 3.04. The number of benzene rings is 1. The predicted octanol–water partition coefficient (Wildman–Crippen LogP) is 3.83. The standard InChI is InChI=1S/C14H14BrN3O3/c1-9(16-2)10-6-7-17-13(8-10)21-14-11(15)4-3-5-12(14)18(19)20/h3-9,16H,1-2H3. The first kappa shape index (κ1) is 15.4. The monoisotopic (exact) mass is 351 g/mol. The molecule has 21 heavy (non-hydrogen) atoms. The lowest BCUT2D eigenvalue weighted by atomic mass is 10.1. The highest BCUT2D eigenvalue weighted by atomic mass is 79.9. The van der Waals surface area contributed by atoms with Crippen molar-refractivity contribution < 1.29 is 9.66 Å². The molecule has 2 rings (SSSR count). The minimum atomic E-state index is -0.486. The topological polar surface area (TPSA) is 77.3 Å². The first-order valence-corrected chi connectivity index (χ1v) is 7.06. The van der Waals surface area contributed by atoms with Crippen LogP contribution in [0.2, 0.25) is 0 Å². The summed E-state index contributed by atoms with van der Waals surface area (Å²) < 4.78 is 6.11. The van der Waals surface area contributed by atoms with Crippen LogP contribution in [0.3, 0.4) is 0 Å². The first-order chi connectivity index (χ1) is 10.0. The van der Waals surface area contributed by atoms with E-state index in [0.717, 1.165) is 5.56 Å². The van der Waals surface area contributed by atoms with Crippen LogP contribution in [0.1, 0.15) is 18.5 Å². The average Bonchev–Trinajstić information content (AvgIpc) is 2.48. The van der Waals surface area contributed by atoms with E-state index in [0.29, 0.717) is 10.4 Å². The normalized spacial score (nSPS) is 12.0. The number of aromatic nitrogens is 1. The summed E-state index contributed by atoms with van der Waals surface area (Å²) >= 11 is 3.26. The van der Waals surface area contributed by atoms with Crippen LogP contribution in [0.15, 0.2) is 41.0 Å². The molecule has 0 fully saturated rings. The van der Waals surface area contributed by atoms with Crippen LogP contribution in [-0.2, 0) is 0 Å². The van der Waals surface area contributed by atoms with Gasteiger partial charge in [0.05, 0.1) is 9.40 Å². The lowest BCUT2D eigenvalue weighted by molar-refractivity contribution is -0.385. The number of ether oxygens (including phenoxy) is 1. The van der Waals surface area contributed by atoms with Gasteiger partial charge in [-0.2, -0.15) is 0 Å². The number of nitro benzene ring substituents is 1. The number of nitro groups is 1. The van der Waals surface area contributed by atoms with Crippen molar-refractivity contribution in [2.24, 2.45) is 0 Å². The molecule has 0 aliphatic carbocycles. The van der Waals surface area contributed by atoms with Crippen molar-refractivity contribution >= 4 is 21.6 Å². The highest BCUT2D eigenvalue weighted by molar-refractivity contribution is 9.10. The summed E-state index contributed by atoms with van der Waals surface area (Å²) in [6, 6.07) is 8.40. The maximum Gasteiger partial charge on any atom is 0.312 e. The predicted molar refractivity (Wildman–Crippen MR) is 82.6 cm³/mol. The Bertz CT molecular complexity index is 664. The van der Waals surface area contributed by atoms with Gasteiger partial charge in [0.25, 0.3) is 0 Å². The van der Waals surface area contributed by atoms with Crippen molar-refractivity contribution in [1.29, 1.82) is 0 Å². The molecule has 0 bridgehead atoms. The molecular weight excluding hydrogens is 338 g/mol. The number of pyridine rings is 1. The van der Waals surface area contributed by atoms with Gasteiger partial charge >= 0.3 is 5.69 Å². The average molecular weight is 352 g/mol. The van der Waals surface area contributed by atoms with Crippen molar-refractivity contribution in [2.45, 2.75) is 13.0 Å². The van der Waals surface area contributed by atoms with Crippen LogP contribution in [0, 0.1) is 10.1 Å². The maximum absolute atomic E-state index is 11.1. The van der Waals surface area contributed by atoms with Gasteiger partial charge in [0, 0.05) is 24.4 Å². The fraction of sp³-hybridized carbons (Fsp3) is 0.214. The van der Waals surface area contributed by atoms with E-state index in [1.165, 1.54) is 6.07 Å². The van der Waals surface area contributed by atoms with Gasteiger partial charge in [-0.15, -0.1) is 0 Å². The highest BCUT2D eigenvalue weighted by Crippen LogP contribution is 2.37. The maximum atomic E-state index is 11.1. The van der Waals surface area contributed by atoms with Gasteiger partial charge in [0.1, 0.15) is 0 Å². The Labute approximate surface area is 130 Å². The molecule has 0 saturated heterocycles. The molecule has 6 nitrogen and oxygen atoms in total. The van der Waals surface area contributed by atoms with Crippen LogP contribution in [0.25, 0.3) is 0 Å². The Kier molecular flexibility index (Phi) is 4.87. The smallest absolute Gasteiger partial charge is 0.312 e. The van der Waals surface area contributed by atoms with Crippen LogP contribution in [0.5, 0.6) is 11.6 Å². The summed E-state index contributed by atoms with van der Waals surface area (Å²) in [6.45, 7) is 2.00. The Morgan fingerprint density at radius 1 is 1.43 bits per heavy atom. The van der Waals surface area contributed by atoms with E-state index in [2.05, 4.69) is 26.2 Å². The summed E-state index contributed by atoms with van der Waals surface area (Å²) in [5, 5.41) is 14.2. The zero-order chi connectivity index (χ0) is 15.4. The molecule has 1 N–H and O–H groups in total. The van der Waals surface area contributed by atoms with Gasteiger partial charge in [-0.05, 0) is 47.6 Å². The van der Waals surface area contributed by atoms with E-state index in [1.807, 2.05) is 20.0 Å². The zero-order valence-electron chi connectivity index (χ0n) is 11.5. The van der Waals surface area contributed by atoms with Crippen molar-refractivity contribution in [3.05, 3.63) is 56.7 Å². The number of para-hydroxylation sites is 1. The summed E-state index contributed by atoms with van der Waals surface area (Å²) in [5.41, 5.74) is 0.871. The van der Waals surface area contributed by atoms with Crippen LogP contribution in [0.4, 0.5) is 5.69 Å². The van der Waals surface area contributed by atoms with Crippen LogP contribution < -0.4 is 10.1 Å². The number of nitrogens with zero attached hydrogens (tertiary/aromatic N) is 2. The fourth-order valence-electron chi connectivity index (χ4n) is 1.76. The van der Waals surface area contributed by atoms with Crippen LogP contribution >= 0.6 is 15.9 Å². The highest BCUT2D eigenvalue weighted by Gasteiger charge is 2.19. The van der Waals surface area contributed by atoms with E-state index in [9.17, 15) is 10.1 Å². The van der Waals surface area contributed by atoms with Crippen molar-refractivity contribution in [1.82, 2.24) is 10.3 Å². The molecule has 0 radical (unpaired) electrons. The number of hydrogen-bond donors (Lipinski definition) is 1. The molecule has 0 spiro atoms. The quantitative estimate of drug-likeness (QED) is 0.654. The summed E-state index contributed by atoms with van der Waals surface area (Å²) in [5.74, 6) is 0.453. The lowest BCUT2D eigenvalue weighted by Crippen LogP contribution is -2.12. The van der Waals surface area contributed by atoms with E-state index >= 15 is 0 Å². The van der Waals surface area contributed by atoms with Gasteiger partial charge < -0.3 is 10.1 Å². The van der Waals surface area contributed by atoms with E-state index in [1.54, 1.807) is 24.4 Å². The summed E-state index contributed by atoms with van der Waals surface area (Å²) in [7, 11) is 1.85. The number of hydrogen-bond acceptors (Lipinski definition) is 5. The molecule has 0 aliphatic rings. The molecular formula is C14H14BrN3O3. The molecule has 7 heteroatoms. The zero-order valence-corrected chi connectivity index (χ0v) is 13.1. The Morgan fingerprint density at radius 3 is 2.86 bits per heavy atom. The van der Waals surface area contributed by atoms with E-state index in [-0.39, 0.29) is 17.5 Å². The Hall–Kier alpha value is -1.99. The molecule has 1 unspecified atom stereocenters. The minimum Gasteiger partial charge on any atom is -0.431 e. The van der Waals surface area contributed by atoms with Crippen LogP contribution in [-0.4, -0.2) is 17.0 Å². The third-order valence-corrected chi connectivity index (χ3v) is 3.67. The number of halogens is 1. The second-order valence-electron chi connectivity index (χ2n) is 4.39. The van der Waals surface area contributed by atoms with Gasteiger partial charge in [0.2, 0.25) is 11.6 Å². The fourth-order valence-corrected chi connectivity index (χ4v) is 2.20. The van der Waals surface area contributed by atoms with Crippen molar-refractivity contribution in [3.8, 4) is 11.6 Å². The molecule has 1 aromatic carbocycles. The molecule has 0 aliphatic heterocycles. The van der Waals surface area contributed by atoms with Gasteiger partial charge in [-0.25, -0.2) is 4.98 Å². The second kappa shape index (κ2) is 6.64. The van der Waals surface area contributed by atoms with Gasteiger partial charge in [-0.1, -0.05) is 6.07 Å². The van der Waals surface area contributed by atoms with E-state index in [4.69, 9.17) is 4.74 Å². The summed E-state index contributed by atoms with van der Waals surface area (Å²) in [6.07, 6.45) is 1.61. The molecule has 1 atom stereocenters. The molecule has 0 saturated carbocycles. The molecule has 0 amide bonds. The minimum absolute atomic E-state index is 0.113. The second-order valence-corrected chi connectivity index (χ2v) is 5.24. The third kappa shape index (κ3) is 3.56. The number of rotatable bonds is 5. The Morgan fingerprint density at radius 2 is 2.19 bits per heavy atom.